The highest BCUT2D eigenvalue weighted by atomic mass is 14.4. The second kappa shape index (κ2) is 5.78. The molecule has 0 aromatic heterocycles. The van der Waals surface area contributed by atoms with Gasteiger partial charge in [-0.2, -0.15) is 0 Å². The molecule has 14 heavy (non-hydrogen) atoms. The smallest absolute Gasteiger partial charge is 0.0277 e. The normalized spacial score (nSPS) is 20.6. The molecule has 0 aliphatic carbocycles. The zero-order valence-corrected chi connectivity index (χ0v) is 11.4. The fourth-order valence-electron chi connectivity index (χ4n) is 2.61. The molecule has 0 rings (SSSR count). The Bertz CT molecular complexity index is 148. The molecule has 0 aliphatic rings. The molecule has 0 aromatic rings. The maximum absolute atomic E-state index is 2.47. The molecule has 0 saturated heterocycles. The topological polar surface area (TPSA) is 0 Å². The number of rotatable bonds is 6. The molecular weight excluding hydrogens is 168 g/mol. The lowest BCUT2D eigenvalue weighted by Gasteiger charge is -2.42. The predicted molar refractivity (Wildman–Crippen MR) is 66.5 cm³/mol. The van der Waals surface area contributed by atoms with E-state index in [4.69, 9.17) is 0 Å². The Hall–Kier alpha value is 0. The molecule has 0 radical (unpaired) electrons. The van der Waals surface area contributed by atoms with Crippen molar-refractivity contribution >= 4 is 0 Å². The second-order valence-corrected chi connectivity index (χ2v) is 5.57. The first-order valence-electron chi connectivity index (χ1n) is 6.40. The fourth-order valence-corrected chi connectivity index (χ4v) is 2.61. The molecule has 3 unspecified atom stereocenters. The maximum Gasteiger partial charge on any atom is -0.0277 e. The molecule has 0 nitrogen and oxygen atoms in total. The van der Waals surface area contributed by atoms with Crippen LogP contribution in [0.4, 0.5) is 0 Å². The van der Waals surface area contributed by atoms with Gasteiger partial charge in [0.15, 0.2) is 0 Å². The van der Waals surface area contributed by atoms with Gasteiger partial charge >= 0.3 is 0 Å². The number of hydrogen-bond acceptors (Lipinski definition) is 0. The van der Waals surface area contributed by atoms with E-state index in [-0.39, 0.29) is 0 Å². The highest BCUT2D eigenvalue weighted by Crippen LogP contribution is 2.43. The largest absolute Gasteiger partial charge is 0.0654 e. The van der Waals surface area contributed by atoms with E-state index in [0.717, 1.165) is 17.8 Å². The SMILES string of the molecule is CCCC(C)C(C)C(C)(CC)C(C)C. The summed E-state index contributed by atoms with van der Waals surface area (Å²) in [6, 6.07) is 0. The summed E-state index contributed by atoms with van der Waals surface area (Å²) in [7, 11) is 0. The van der Waals surface area contributed by atoms with Crippen molar-refractivity contribution in [1.82, 2.24) is 0 Å². The van der Waals surface area contributed by atoms with Gasteiger partial charge in [0.05, 0.1) is 0 Å². The van der Waals surface area contributed by atoms with Gasteiger partial charge in [-0.3, -0.25) is 0 Å². The van der Waals surface area contributed by atoms with Crippen LogP contribution < -0.4 is 0 Å². The van der Waals surface area contributed by atoms with Crippen molar-refractivity contribution in [3.05, 3.63) is 0 Å². The van der Waals surface area contributed by atoms with Crippen molar-refractivity contribution in [2.75, 3.05) is 0 Å². The van der Waals surface area contributed by atoms with Crippen LogP contribution in [0.25, 0.3) is 0 Å². The molecule has 0 fully saturated rings. The Balaban J connectivity index is 4.51. The lowest BCUT2D eigenvalue weighted by atomic mass is 9.63. The average Bonchev–Trinajstić information content (AvgIpc) is 2.15. The zero-order chi connectivity index (χ0) is 11.4. The van der Waals surface area contributed by atoms with Crippen LogP contribution in [0.5, 0.6) is 0 Å². The van der Waals surface area contributed by atoms with Crippen LogP contribution >= 0.6 is 0 Å². The monoisotopic (exact) mass is 198 g/mol. The van der Waals surface area contributed by atoms with Crippen molar-refractivity contribution in [2.24, 2.45) is 23.2 Å². The molecular formula is C14H30. The Morgan fingerprint density at radius 3 is 1.79 bits per heavy atom. The van der Waals surface area contributed by atoms with E-state index in [1.54, 1.807) is 0 Å². The third kappa shape index (κ3) is 3.00. The second-order valence-electron chi connectivity index (χ2n) is 5.57. The van der Waals surface area contributed by atoms with Gasteiger partial charge in [0.2, 0.25) is 0 Å². The van der Waals surface area contributed by atoms with Crippen LogP contribution in [-0.2, 0) is 0 Å². The van der Waals surface area contributed by atoms with Crippen molar-refractivity contribution in [2.45, 2.75) is 67.7 Å². The highest BCUT2D eigenvalue weighted by Gasteiger charge is 2.34. The van der Waals surface area contributed by atoms with Gasteiger partial charge in [-0.15, -0.1) is 0 Å². The standard InChI is InChI=1S/C14H30/c1-8-10-12(5)13(6)14(7,9-2)11(3)4/h11-13H,8-10H2,1-7H3. The summed E-state index contributed by atoms with van der Waals surface area (Å²) < 4.78 is 0. The van der Waals surface area contributed by atoms with Crippen LogP contribution in [0.3, 0.4) is 0 Å². The van der Waals surface area contributed by atoms with E-state index in [1.807, 2.05) is 0 Å². The Labute approximate surface area is 91.5 Å². The van der Waals surface area contributed by atoms with Gasteiger partial charge < -0.3 is 0 Å². The lowest BCUT2D eigenvalue weighted by molar-refractivity contribution is 0.0751. The lowest BCUT2D eigenvalue weighted by Crippen LogP contribution is -2.34. The summed E-state index contributed by atoms with van der Waals surface area (Å²) in [5, 5.41) is 0. The molecule has 3 atom stereocenters. The molecule has 86 valence electrons. The first-order chi connectivity index (χ1) is 6.40. The van der Waals surface area contributed by atoms with Crippen molar-refractivity contribution in [1.29, 1.82) is 0 Å². The third-order valence-electron chi connectivity index (χ3n) is 4.72. The van der Waals surface area contributed by atoms with Crippen molar-refractivity contribution in [3.8, 4) is 0 Å². The highest BCUT2D eigenvalue weighted by molar-refractivity contribution is 4.84. The van der Waals surface area contributed by atoms with Crippen LogP contribution in [0.2, 0.25) is 0 Å². The number of hydrogen-bond donors (Lipinski definition) is 0. The summed E-state index contributed by atoms with van der Waals surface area (Å²) >= 11 is 0. The fraction of sp³-hybridized carbons (Fsp3) is 1.00. The summed E-state index contributed by atoms with van der Waals surface area (Å²) in [6.07, 6.45) is 4.01. The quantitative estimate of drug-likeness (QED) is 0.555. The van der Waals surface area contributed by atoms with Gasteiger partial charge in [0.1, 0.15) is 0 Å². The molecule has 0 aliphatic heterocycles. The van der Waals surface area contributed by atoms with Gasteiger partial charge in [-0.1, -0.05) is 67.7 Å². The van der Waals surface area contributed by atoms with E-state index in [9.17, 15) is 0 Å². The van der Waals surface area contributed by atoms with Gasteiger partial charge in [0.25, 0.3) is 0 Å². The molecule has 0 N–H and O–H groups in total. The molecule has 0 amide bonds. The van der Waals surface area contributed by atoms with E-state index >= 15 is 0 Å². The predicted octanol–water partition coefficient (Wildman–Crippen LogP) is 5.13. The molecule has 0 saturated carbocycles. The minimum absolute atomic E-state index is 0.522. The zero-order valence-electron chi connectivity index (χ0n) is 11.4. The Kier molecular flexibility index (Phi) is 5.78. The van der Waals surface area contributed by atoms with E-state index in [1.165, 1.54) is 19.3 Å². The van der Waals surface area contributed by atoms with Crippen LogP contribution in [0.15, 0.2) is 0 Å². The minimum Gasteiger partial charge on any atom is -0.0654 e. The van der Waals surface area contributed by atoms with Crippen molar-refractivity contribution < 1.29 is 0 Å². The molecule has 0 aromatic carbocycles. The summed E-state index contributed by atoms with van der Waals surface area (Å²) in [6.45, 7) is 16.7. The molecule has 0 heteroatoms. The van der Waals surface area contributed by atoms with E-state index < -0.39 is 0 Å². The van der Waals surface area contributed by atoms with Crippen molar-refractivity contribution in [3.63, 3.8) is 0 Å². The first kappa shape index (κ1) is 14.0. The summed E-state index contributed by atoms with van der Waals surface area (Å²) in [4.78, 5) is 0. The molecule has 0 heterocycles. The van der Waals surface area contributed by atoms with Gasteiger partial charge in [0, 0.05) is 0 Å². The maximum atomic E-state index is 2.47. The van der Waals surface area contributed by atoms with Gasteiger partial charge in [-0.05, 0) is 23.2 Å². The minimum atomic E-state index is 0.522. The van der Waals surface area contributed by atoms with Crippen LogP contribution in [0, 0.1) is 23.2 Å². The van der Waals surface area contributed by atoms with E-state index in [2.05, 4.69) is 48.5 Å². The Morgan fingerprint density at radius 1 is 1.00 bits per heavy atom. The first-order valence-corrected chi connectivity index (χ1v) is 6.40. The average molecular weight is 198 g/mol. The Morgan fingerprint density at radius 2 is 1.50 bits per heavy atom. The van der Waals surface area contributed by atoms with Crippen LogP contribution in [0.1, 0.15) is 67.7 Å². The van der Waals surface area contributed by atoms with Crippen LogP contribution in [-0.4, -0.2) is 0 Å². The molecule has 0 bridgehead atoms. The summed E-state index contributed by atoms with van der Waals surface area (Å²) in [5.74, 6) is 2.50. The van der Waals surface area contributed by atoms with Gasteiger partial charge in [-0.25, -0.2) is 0 Å². The summed E-state index contributed by atoms with van der Waals surface area (Å²) in [5.41, 5.74) is 0.522. The van der Waals surface area contributed by atoms with E-state index in [0.29, 0.717) is 5.41 Å². The third-order valence-corrected chi connectivity index (χ3v) is 4.72. The molecule has 0 spiro atoms.